The van der Waals surface area contributed by atoms with Crippen LogP contribution in [0.1, 0.15) is 24.0 Å². The lowest BCUT2D eigenvalue weighted by Crippen LogP contribution is -2.37. The molecule has 22 heavy (non-hydrogen) atoms. The Balaban J connectivity index is 2.02. The number of hydrogen-bond donors (Lipinski definition) is 2. The topological polar surface area (TPSA) is 86.0 Å². The molecule has 1 aromatic carbocycles. The number of pyridine rings is 1. The lowest BCUT2D eigenvalue weighted by atomic mass is 9.98. The van der Waals surface area contributed by atoms with E-state index in [2.05, 4.69) is 10.3 Å². The maximum absolute atomic E-state index is 10.9. The zero-order valence-electron chi connectivity index (χ0n) is 11.9. The first kappa shape index (κ1) is 14.1. The van der Waals surface area contributed by atoms with Gasteiger partial charge >= 0.3 is 6.09 Å². The van der Waals surface area contributed by atoms with Crippen molar-refractivity contribution in [2.45, 2.75) is 24.8 Å². The highest BCUT2D eigenvalue weighted by molar-refractivity contribution is 5.85. The van der Waals surface area contributed by atoms with E-state index in [9.17, 15) is 4.79 Å². The van der Waals surface area contributed by atoms with E-state index in [0.717, 1.165) is 34.9 Å². The largest absolute Gasteiger partial charge is 0.465 e. The fraction of sp³-hybridized carbons (Fsp3) is 0.235. The van der Waals surface area contributed by atoms with Crippen LogP contribution in [0.4, 0.5) is 4.79 Å². The number of amides is 1. The van der Waals surface area contributed by atoms with Gasteiger partial charge in [-0.3, -0.25) is 4.98 Å². The monoisotopic (exact) mass is 293 g/mol. The van der Waals surface area contributed by atoms with Gasteiger partial charge in [-0.15, -0.1) is 0 Å². The Labute approximate surface area is 127 Å². The average Bonchev–Trinajstić information content (AvgIpc) is 3.23. The molecular formula is C17H15N3O2. The van der Waals surface area contributed by atoms with Gasteiger partial charge in [0.05, 0.1) is 11.6 Å². The highest BCUT2D eigenvalue weighted by Gasteiger charge is 2.44. The summed E-state index contributed by atoms with van der Waals surface area (Å²) in [5.74, 6) is 0. The maximum atomic E-state index is 10.9. The van der Waals surface area contributed by atoms with Crippen molar-refractivity contribution in [1.82, 2.24) is 10.3 Å². The molecule has 3 rings (SSSR count). The first-order valence-corrected chi connectivity index (χ1v) is 7.07. The van der Waals surface area contributed by atoms with Gasteiger partial charge < -0.3 is 10.4 Å². The van der Waals surface area contributed by atoms with Crippen LogP contribution in [0.15, 0.2) is 36.5 Å². The van der Waals surface area contributed by atoms with Crippen LogP contribution in [0.3, 0.4) is 0 Å². The van der Waals surface area contributed by atoms with Crippen LogP contribution in [0.25, 0.3) is 17.0 Å². The summed E-state index contributed by atoms with van der Waals surface area (Å²) in [6.45, 7) is 0. The van der Waals surface area contributed by atoms with Gasteiger partial charge in [0.2, 0.25) is 0 Å². The number of aromatic nitrogens is 1. The Bertz CT molecular complexity index is 801. The third-order valence-corrected chi connectivity index (χ3v) is 3.91. The number of nitrogens with one attached hydrogen (secondary N) is 1. The molecular weight excluding hydrogens is 278 g/mol. The molecule has 1 heterocycles. The van der Waals surface area contributed by atoms with Crippen molar-refractivity contribution in [3.63, 3.8) is 0 Å². The normalized spacial score (nSPS) is 15.6. The third kappa shape index (κ3) is 2.91. The fourth-order valence-corrected chi connectivity index (χ4v) is 2.75. The van der Waals surface area contributed by atoms with Crippen LogP contribution in [-0.4, -0.2) is 21.7 Å². The minimum atomic E-state index is -0.990. The Morgan fingerprint density at radius 1 is 1.50 bits per heavy atom. The van der Waals surface area contributed by atoms with Crippen molar-refractivity contribution < 1.29 is 9.90 Å². The van der Waals surface area contributed by atoms with Crippen molar-refractivity contribution in [3.05, 3.63) is 47.7 Å². The summed E-state index contributed by atoms with van der Waals surface area (Å²) in [4.78, 5) is 15.4. The van der Waals surface area contributed by atoms with Gasteiger partial charge in [-0.2, -0.15) is 5.26 Å². The molecule has 1 aliphatic rings. The van der Waals surface area contributed by atoms with Crippen molar-refractivity contribution in [1.29, 1.82) is 5.26 Å². The molecule has 0 aliphatic heterocycles. The predicted octanol–water partition coefficient (Wildman–Crippen LogP) is 3.11. The summed E-state index contributed by atoms with van der Waals surface area (Å²) in [7, 11) is 0. The van der Waals surface area contributed by atoms with E-state index >= 15 is 0 Å². The van der Waals surface area contributed by atoms with E-state index in [4.69, 9.17) is 10.4 Å². The number of allylic oxidation sites excluding steroid dienone is 1. The summed E-state index contributed by atoms with van der Waals surface area (Å²) in [6, 6.07) is 9.78. The van der Waals surface area contributed by atoms with Crippen LogP contribution in [0, 0.1) is 11.3 Å². The molecule has 2 N–H and O–H groups in total. The summed E-state index contributed by atoms with van der Waals surface area (Å²) in [5, 5.41) is 21.3. The molecule has 0 radical (unpaired) electrons. The summed E-state index contributed by atoms with van der Waals surface area (Å²) in [6.07, 6.45) is 6.22. The number of fused-ring (bicyclic) bond motifs is 1. The van der Waals surface area contributed by atoms with E-state index in [1.807, 2.05) is 30.3 Å². The average molecular weight is 293 g/mol. The molecule has 1 saturated carbocycles. The second-order valence-corrected chi connectivity index (χ2v) is 5.60. The Morgan fingerprint density at radius 3 is 3.00 bits per heavy atom. The van der Waals surface area contributed by atoms with E-state index in [1.54, 1.807) is 12.3 Å². The van der Waals surface area contributed by atoms with E-state index < -0.39 is 6.09 Å². The zero-order valence-corrected chi connectivity index (χ0v) is 11.9. The zero-order chi connectivity index (χ0) is 15.6. The molecule has 5 heteroatoms. The molecule has 1 aromatic heterocycles. The molecule has 0 bridgehead atoms. The van der Waals surface area contributed by atoms with Crippen molar-refractivity contribution in [3.8, 4) is 6.07 Å². The van der Waals surface area contributed by atoms with E-state index in [0.29, 0.717) is 6.42 Å². The highest BCUT2D eigenvalue weighted by atomic mass is 16.4. The Hall–Kier alpha value is -2.87. The number of benzene rings is 1. The lowest BCUT2D eigenvalue weighted by molar-refractivity contribution is 0.188. The SMILES string of the molecule is N#CC=Cc1cc(CC2(NC(=O)O)CC2)c2ncccc2c1. The van der Waals surface area contributed by atoms with Gasteiger partial charge in [-0.05, 0) is 54.7 Å². The molecule has 1 fully saturated rings. The quantitative estimate of drug-likeness (QED) is 0.848. The standard InChI is InChI=1S/C17H15N3O2/c18-7-1-3-12-9-13-4-2-8-19-15(13)14(10-12)11-17(5-6-17)20-16(21)22/h1-4,8-10,20H,5-6,11H2,(H,21,22). The molecule has 0 atom stereocenters. The number of rotatable bonds is 4. The summed E-state index contributed by atoms with van der Waals surface area (Å²) >= 11 is 0. The number of carbonyl (C=O) groups is 1. The van der Waals surface area contributed by atoms with Gasteiger partial charge in [-0.25, -0.2) is 4.79 Å². The maximum Gasteiger partial charge on any atom is 0.405 e. The fourth-order valence-electron chi connectivity index (χ4n) is 2.75. The molecule has 2 aromatic rings. The number of nitriles is 1. The van der Waals surface area contributed by atoms with Crippen LogP contribution in [0.2, 0.25) is 0 Å². The molecule has 0 spiro atoms. The lowest BCUT2D eigenvalue weighted by Gasteiger charge is -2.16. The predicted molar refractivity (Wildman–Crippen MR) is 83.2 cm³/mol. The second-order valence-electron chi connectivity index (χ2n) is 5.60. The van der Waals surface area contributed by atoms with Gasteiger partial charge in [0.1, 0.15) is 0 Å². The minimum Gasteiger partial charge on any atom is -0.465 e. The molecule has 1 amide bonds. The first-order valence-electron chi connectivity index (χ1n) is 7.07. The highest BCUT2D eigenvalue weighted by Crippen LogP contribution is 2.40. The molecule has 5 nitrogen and oxygen atoms in total. The first-order chi connectivity index (χ1) is 10.6. The molecule has 0 saturated heterocycles. The smallest absolute Gasteiger partial charge is 0.405 e. The second kappa shape index (κ2) is 5.49. The van der Waals surface area contributed by atoms with Gasteiger partial charge in [-0.1, -0.05) is 6.07 Å². The minimum absolute atomic E-state index is 0.367. The van der Waals surface area contributed by atoms with Crippen LogP contribution in [0.5, 0.6) is 0 Å². The number of hydrogen-bond acceptors (Lipinski definition) is 3. The van der Waals surface area contributed by atoms with Crippen molar-refractivity contribution in [2.75, 3.05) is 0 Å². The van der Waals surface area contributed by atoms with E-state index in [-0.39, 0.29) is 5.54 Å². The summed E-state index contributed by atoms with van der Waals surface area (Å²) < 4.78 is 0. The molecule has 110 valence electrons. The van der Waals surface area contributed by atoms with E-state index in [1.165, 1.54) is 6.08 Å². The van der Waals surface area contributed by atoms with Gasteiger partial charge in [0.25, 0.3) is 0 Å². The van der Waals surface area contributed by atoms with Crippen LogP contribution < -0.4 is 5.32 Å². The third-order valence-electron chi connectivity index (χ3n) is 3.91. The van der Waals surface area contributed by atoms with Crippen LogP contribution in [-0.2, 0) is 6.42 Å². The molecule has 1 aliphatic carbocycles. The Morgan fingerprint density at radius 2 is 2.32 bits per heavy atom. The number of nitrogens with zero attached hydrogens (tertiary/aromatic N) is 2. The van der Waals surface area contributed by atoms with Crippen molar-refractivity contribution >= 4 is 23.1 Å². The van der Waals surface area contributed by atoms with Crippen LogP contribution >= 0.6 is 0 Å². The van der Waals surface area contributed by atoms with Gasteiger partial charge in [0.15, 0.2) is 0 Å². The molecule has 0 unspecified atom stereocenters. The Kier molecular flexibility index (Phi) is 3.51. The number of carboxylic acid groups (broad SMARTS) is 1. The van der Waals surface area contributed by atoms with Gasteiger partial charge in [0, 0.05) is 23.2 Å². The van der Waals surface area contributed by atoms with Crippen molar-refractivity contribution in [2.24, 2.45) is 0 Å². The summed E-state index contributed by atoms with van der Waals surface area (Å²) in [5.41, 5.74) is 2.44.